The van der Waals surface area contributed by atoms with Gasteiger partial charge in [-0.05, 0) is 12.8 Å². The van der Waals surface area contributed by atoms with Gasteiger partial charge in [0.2, 0.25) is 0 Å². The third-order valence-electron chi connectivity index (χ3n) is 3.73. The summed E-state index contributed by atoms with van der Waals surface area (Å²) in [5.41, 5.74) is 0. The summed E-state index contributed by atoms with van der Waals surface area (Å²) in [7, 11) is 0. The van der Waals surface area contributed by atoms with E-state index in [1.807, 2.05) is 0 Å². The highest BCUT2D eigenvalue weighted by Crippen LogP contribution is 2.27. The first-order chi connectivity index (χ1) is 8.63. The van der Waals surface area contributed by atoms with E-state index in [9.17, 15) is 15.3 Å². The van der Waals surface area contributed by atoms with Crippen LogP contribution in [-0.4, -0.2) is 63.8 Å². The molecule has 0 unspecified atom stereocenters. The zero-order chi connectivity index (χ0) is 13.1. The van der Waals surface area contributed by atoms with Gasteiger partial charge in [0.05, 0.1) is 12.7 Å². The van der Waals surface area contributed by atoms with Crippen molar-refractivity contribution in [2.75, 3.05) is 6.61 Å². The second kappa shape index (κ2) is 6.27. The number of rotatable bonds is 3. The number of hydrogen-bond donors (Lipinski definition) is 4. The standard InChI is InChI=1S/C12H22O6/c13-6-8-9(14)10(15)11(16)12(18-8)17-7-4-2-1-3-5-7/h7-16H,1-6H2/t8-,9-,10+,11+,12+/m1/s1. The van der Waals surface area contributed by atoms with Gasteiger partial charge < -0.3 is 29.9 Å². The molecule has 0 bridgehead atoms. The van der Waals surface area contributed by atoms with Crippen LogP contribution in [0.25, 0.3) is 0 Å². The lowest BCUT2D eigenvalue weighted by Crippen LogP contribution is -2.59. The lowest BCUT2D eigenvalue weighted by atomic mass is 9.96. The smallest absolute Gasteiger partial charge is 0.186 e. The van der Waals surface area contributed by atoms with Gasteiger partial charge in [-0.25, -0.2) is 0 Å². The van der Waals surface area contributed by atoms with E-state index in [4.69, 9.17) is 14.6 Å². The Labute approximate surface area is 106 Å². The molecule has 1 heterocycles. The Bertz CT molecular complexity index is 253. The number of aliphatic hydroxyl groups excluding tert-OH is 4. The Morgan fingerprint density at radius 1 is 0.944 bits per heavy atom. The van der Waals surface area contributed by atoms with Gasteiger partial charge in [0, 0.05) is 0 Å². The fourth-order valence-electron chi connectivity index (χ4n) is 2.57. The van der Waals surface area contributed by atoms with Crippen molar-refractivity contribution in [2.45, 2.75) is 68.9 Å². The van der Waals surface area contributed by atoms with Crippen molar-refractivity contribution in [1.29, 1.82) is 0 Å². The molecule has 4 N–H and O–H groups in total. The Morgan fingerprint density at radius 2 is 1.61 bits per heavy atom. The van der Waals surface area contributed by atoms with E-state index in [1.54, 1.807) is 0 Å². The molecule has 0 amide bonds. The van der Waals surface area contributed by atoms with Gasteiger partial charge in [0.25, 0.3) is 0 Å². The van der Waals surface area contributed by atoms with Crippen molar-refractivity contribution in [1.82, 2.24) is 0 Å². The van der Waals surface area contributed by atoms with Gasteiger partial charge >= 0.3 is 0 Å². The highest BCUT2D eigenvalue weighted by molar-refractivity contribution is 4.89. The molecule has 106 valence electrons. The van der Waals surface area contributed by atoms with Crippen molar-refractivity contribution in [3.63, 3.8) is 0 Å². The Hall–Kier alpha value is -0.240. The molecule has 0 aromatic rings. The molecule has 2 rings (SSSR count). The molecule has 1 aliphatic heterocycles. The van der Waals surface area contributed by atoms with E-state index >= 15 is 0 Å². The van der Waals surface area contributed by atoms with Crippen LogP contribution in [0.5, 0.6) is 0 Å². The maximum atomic E-state index is 9.81. The summed E-state index contributed by atoms with van der Waals surface area (Å²) in [5, 5.41) is 38.1. The van der Waals surface area contributed by atoms with Crippen LogP contribution in [0.2, 0.25) is 0 Å². The van der Waals surface area contributed by atoms with E-state index in [0.29, 0.717) is 0 Å². The molecule has 6 nitrogen and oxygen atoms in total. The molecule has 0 aromatic heterocycles. The van der Waals surface area contributed by atoms with Crippen molar-refractivity contribution in [2.24, 2.45) is 0 Å². The molecule has 6 heteroatoms. The fourth-order valence-corrected chi connectivity index (χ4v) is 2.57. The van der Waals surface area contributed by atoms with Crippen molar-refractivity contribution >= 4 is 0 Å². The zero-order valence-electron chi connectivity index (χ0n) is 10.3. The van der Waals surface area contributed by atoms with Crippen LogP contribution in [0.4, 0.5) is 0 Å². The fraction of sp³-hybridized carbons (Fsp3) is 1.00. The first-order valence-corrected chi connectivity index (χ1v) is 6.59. The normalized spacial score (nSPS) is 43.0. The molecule has 1 aliphatic carbocycles. The summed E-state index contributed by atoms with van der Waals surface area (Å²) >= 11 is 0. The quantitative estimate of drug-likeness (QED) is 0.528. The van der Waals surface area contributed by atoms with Crippen LogP contribution in [0.1, 0.15) is 32.1 Å². The molecule has 0 spiro atoms. The van der Waals surface area contributed by atoms with Crippen LogP contribution in [0, 0.1) is 0 Å². The van der Waals surface area contributed by atoms with Crippen LogP contribution in [0.3, 0.4) is 0 Å². The van der Waals surface area contributed by atoms with Gasteiger partial charge in [-0.2, -0.15) is 0 Å². The van der Waals surface area contributed by atoms with Crippen LogP contribution >= 0.6 is 0 Å². The Morgan fingerprint density at radius 3 is 2.22 bits per heavy atom. The molecule has 0 radical (unpaired) electrons. The van der Waals surface area contributed by atoms with Crippen LogP contribution < -0.4 is 0 Å². The first kappa shape index (κ1) is 14.2. The van der Waals surface area contributed by atoms with Crippen LogP contribution in [0.15, 0.2) is 0 Å². The van der Waals surface area contributed by atoms with E-state index in [-0.39, 0.29) is 6.10 Å². The molecule has 5 atom stereocenters. The summed E-state index contributed by atoms with van der Waals surface area (Å²) in [6.07, 6.45) is -0.644. The third-order valence-corrected chi connectivity index (χ3v) is 3.73. The summed E-state index contributed by atoms with van der Waals surface area (Å²) < 4.78 is 10.9. The average molecular weight is 262 g/mol. The SMILES string of the molecule is OC[C@H]1O[C@H](OC2CCCCC2)[C@@H](O)[C@@H](O)[C@@H]1O. The monoisotopic (exact) mass is 262 g/mol. The summed E-state index contributed by atoms with van der Waals surface area (Å²) in [5.74, 6) is 0. The molecule has 1 saturated carbocycles. The third kappa shape index (κ3) is 3.01. The van der Waals surface area contributed by atoms with E-state index in [2.05, 4.69) is 0 Å². The maximum absolute atomic E-state index is 9.81. The zero-order valence-corrected chi connectivity index (χ0v) is 10.3. The van der Waals surface area contributed by atoms with Crippen molar-refractivity contribution in [3.05, 3.63) is 0 Å². The minimum absolute atomic E-state index is 0.0141. The van der Waals surface area contributed by atoms with Gasteiger partial charge in [-0.1, -0.05) is 19.3 Å². The lowest BCUT2D eigenvalue weighted by Gasteiger charge is -2.41. The predicted octanol–water partition coefficient (Wildman–Crippen LogP) is -0.864. The molecule has 2 aliphatic rings. The van der Waals surface area contributed by atoms with Gasteiger partial charge in [-0.3, -0.25) is 0 Å². The van der Waals surface area contributed by atoms with Gasteiger partial charge in [-0.15, -0.1) is 0 Å². The minimum Gasteiger partial charge on any atom is -0.394 e. The van der Waals surface area contributed by atoms with E-state index in [0.717, 1.165) is 25.7 Å². The van der Waals surface area contributed by atoms with Crippen molar-refractivity contribution in [3.8, 4) is 0 Å². The molecule has 2 fully saturated rings. The van der Waals surface area contributed by atoms with Gasteiger partial charge in [0.1, 0.15) is 24.4 Å². The second-order valence-corrected chi connectivity index (χ2v) is 5.09. The second-order valence-electron chi connectivity index (χ2n) is 5.09. The molecule has 1 saturated heterocycles. The lowest BCUT2D eigenvalue weighted by molar-refractivity contribution is -0.312. The largest absolute Gasteiger partial charge is 0.394 e. The molecular weight excluding hydrogens is 240 g/mol. The van der Waals surface area contributed by atoms with Gasteiger partial charge in [0.15, 0.2) is 6.29 Å². The summed E-state index contributed by atoms with van der Waals surface area (Å²) in [4.78, 5) is 0. The Kier molecular flexibility index (Phi) is 4.94. The topological polar surface area (TPSA) is 99.4 Å². The summed E-state index contributed by atoms with van der Waals surface area (Å²) in [6, 6.07) is 0. The van der Waals surface area contributed by atoms with E-state index in [1.165, 1.54) is 6.42 Å². The minimum atomic E-state index is -1.36. The average Bonchev–Trinajstić information content (AvgIpc) is 2.40. The van der Waals surface area contributed by atoms with Crippen molar-refractivity contribution < 1.29 is 29.9 Å². The highest BCUT2D eigenvalue weighted by Gasteiger charge is 2.44. The number of aliphatic hydroxyl groups is 4. The highest BCUT2D eigenvalue weighted by atomic mass is 16.7. The molecular formula is C12H22O6. The first-order valence-electron chi connectivity index (χ1n) is 6.59. The molecule has 0 aromatic carbocycles. The Balaban J connectivity index is 1.93. The summed E-state index contributed by atoms with van der Waals surface area (Å²) in [6.45, 7) is -0.421. The van der Waals surface area contributed by atoms with E-state index < -0.39 is 37.3 Å². The number of ether oxygens (including phenoxy) is 2. The molecule has 18 heavy (non-hydrogen) atoms. The maximum Gasteiger partial charge on any atom is 0.186 e. The number of hydrogen-bond acceptors (Lipinski definition) is 6. The predicted molar refractivity (Wildman–Crippen MR) is 61.7 cm³/mol. The van der Waals surface area contributed by atoms with Crippen LogP contribution in [-0.2, 0) is 9.47 Å².